The molecule has 0 amide bonds. The Hall–Kier alpha value is -0.244. The van der Waals surface area contributed by atoms with Crippen molar-refractivity contribution in [3.8, 4) is 0 Å². The van der Waals surface area contributed by atoms with Crippen LogP contribution in [0.15, 0.2) is 37.2 Å². The molecular formula is C43H56FeN4P2Si. The van der Waals surface area contributed by atoms with E-state index in [4.69, 9.17) is 19.9 Å². The van der Waals surface area contributed by atoms with Crippen molar-refractivity contribution in [1.82, 2.24) is 19.9 Å². The summed E-state index contributed by atoms with van der Waals surface area (Å²) < 4.78 is 2.12. The average molecular weight is 775 g/mol. The molecule has 10 saturated heterocycles. The van der Waals surface area contributed by atoms with Crippen molar-refractivity contribution in [3.05, 3.63) is 48.6 Å². The molecule has 8 bridgehead atoms. The molecule has 10 aliphatic heterocycles. The van der Waals surface area contributed by atoms with Crippen molar-refractivity contribution in [2.24, 2.45) is 47.3 Å². The van der Waals surface area contributed by atoms with Crippen LogP contribution in [0.2, 0.25) is 65.9 Å². The van der Waals surface area contributed by atoms with Crippen LogP contribution in [0.5, 0.6) is 0 Å². The molecule has 6 atom stereocenters. The van der Waals surface area contributed by atoms with Gasteiger partial charge in [0.1, 0.15) is 0 Å². The van der Waals surface area contributed by atoms with Crippen LogP contribution in [0.3, 0.4) is 0 Å². The van der Waals surface area contributed by atoms with Gasteiger partial charge >= 0.3 is 300 Å². The predicted molar refractivity (Wildman–Crippen MR) is 206 cm³/mol. The summed E-state index contributed by atoms with van der Waals surface area (Å²) in [6.07, 6.45) is 30.4. The number of rotatable bonds is 8. The van der Waals surface area contributed by atoms with E-state index >= 15 is 0 Å². The van der Waals surface area contributed by atoms with Crippen LogP contribution < -0.4 is 0 Å². The van der Waals surface area contributed by atoms with E-state index in [1.165, 1.54) is 40.3 Å². The Kier molecular flexibility index (Phi) is 2.62. The summed E-state index contributed by atoms with van der Waals surface area (Å²) in [5, 5.41) is -0.193. The first kappa shape index (κ1) is 27.4. The van der Waals surface area contributed by atoms with Gasteiger partial charge in [-0.2, -0.15) is 0 Å². The van der Waals surface area contributed by atoms with E-state index in [9.17, 15) is 0 Å². The molecule has 51 heavy (non-hydrogen) atoms. The van der Waals surface area contributed by atoms with Crippen molar-refractivity contribution in [2.45, 2.75) is 147 Å². The molecule has 2 aromatic rings. The molecule has 4 nitrogen and oxygen atoms in total. The van der Waals surface area contributed by atoms with Crippen LogP contribution in [-0.4, -0.2) is 45.5 Å². The van der Waals surface area contributed by atoms with Gasteiger partial charge in [0.15, 0.2) is 0 Å². The Morgan fingerprint density at radius 2 is 1.10 bits per heavy atom. The molecule has 8 saturated carbocycles. The Labute approximate surface area is 298 Å². The number of nitrogens with zero attached hydrogens (tertiary/aromatic N) is 4. The van der Waals surface area contributed by atoms with Gasteiger partial charge in [-0.15, -0.1) is 0 Å². The summed E-state index contributed by atoms with van der Waals surface area (Å²) in [5.41, 5.74) is 4.79. The summed E-state index contributed by atoms with van der Waals surface area (Å²) in [5.74, 6) is 8.78. The minimum absolute atomic E-state index is 0.0275. The van der Waals surface area contributed by atoms with Gasteiger partial charge in [0.2, 0.25) is 0 Å². The number of aromatic nitrogens is 4. The maximum absolute atomic E-state index is 5.40. The van der Waals surface area contributed by atoms with Crippen LogP contribution in [-0.2, 0) is 11.7 Å². The zero-order valence-electron chi connectivity index (χ0n) is 30.7. The van der Waals surface area contributed by atoms with Crippen molar-refractivity contribution >= 4 is 25.2 Å². The van der Waals surface area contributed by atoms with Crippen molar-refractivity contribution < 1.29 is 6.51 Å². The topological polar surface area (TPSA) is 51.6 Å². The van der Waals surface area contributed by atoms with E-state index in [0.29, 0.717) is 4.31 Å². The second-order valence-electron chi connectivity index (χ2n) is 25.8. The molecule has 8 heteroatoms. The molecule has 12 heterocycles. The zero-order chi connectivity index (χ0) is 33.2. The van der Waals surface area contributed by atoms with E-state index in [0.717, 1.165) is 71.7 Å². The molecule has 270 valence electrons. The van der Waals surface area contributed by atoms with Gasteiger partial charge in [0, 0.05) is 0 Å². The minimum atomic E-state index is -4.32. The van der Waals surface area contributed by atoms with Gasteiger partial charge in [0.05, 0.1) is 0 Å². The number of hydrogen-bond donors (Lipinski definition) is 0. The van der Waals surface area contributed by atoms with Crippen LogP contribution in [0.1, 0.15) is 75.6 Å². The molecule has 8 aliphatic carbocycles. The third kappa shape index (κ3) is 0.902. The van der Waals surface area contributed by atoms with Crippen LogP contribution in [0.25, 0.3) is 0 Å². The van der Waals surface area contributed by atoms with Crippen LogP contribution in [0, 0.1) is 47.3 Å². The molecule has 6 unspecified atom stereocenters. The molecule has 2 aromatic heterocycles. The monoisotopic (exact) mass is 774 g/mol. The molecule has 18 fully saturated rings. The van der Waals surface area contributed by atoms with Gasteiger partial charge in [-0.3, -0.25) is 0 Å². The Bertz CT molecular complexity index is 2350. The number of fused-ring (bicyclic) bond motifs is 10. The fourth-order valence-corrected chi connectivity index (χ4v) is 149. The first-order valence-electron chi connectivity index (χ1n) is 21.7. The standard InChI is InChI=1S/C38H51N4P2Si.C5H5.Fe/c1-45(2,3)32-18-31(33(19-32)38(43,34-20-39-4-6-41-34)35-21-40-5-7-42-35)22-44(36-27-10-23-8-24(12-27)13-28(36)11-23)37-29-14-25-9-26(16-29)17-30(37)15-25;1-2-4-5-3-1;/h4-7,18-21,23-30,36-37H,8-17,22,43H2,1-3H3;1-5H;. The molecule has 0 N–H and O–H groups in total. The molecule has 0 radical (unpaired) electrons. The normalized spacial score (nSPS) is 73.4. The first-order chi connectivity index (χ1) is 24.5. The summed E-state index contributed by atoms with van der Waals surface area (Å²) in [4.78, 5) is 29.2. The van der Waals surface area contributed by atoms with Gasteiger partial charge < -0.3 is 0 Å². The summed E-state index contributed by atoms with van der Waals surface area (Å²) in [6, 6.07) is 0. The molecule has 0 aromatic carbocycles. The van der Waals surface area contributed by atoms with Gasteiger partial charge in [0.25, 0.3) is 0 Å². The predicted octanol–water partition coefficient (Wildman–Crippen LogP) is 10.9. The van der Waals surface area contributed by atoms with Crippen molar-refractivity contribution in [2.75, 3.05) is 6.16 Å². The molecular weight excluding hydrogens is 718 g/mol. The molecule has 18 aliphatic rings. The van der Waals surface area contributed by atoms with Crippen LogP contribution in [0.4, 0.5) is 0 Å². The summed E-state index contributed by atoms with van der Waals surface area (Å²) >= 11 is 0. The van der Waals surface area contributed by atoms with E-state index in [1.54, 1.807) is 70.4 Å². The van der Waals surface area contributed by atoms with Gasteiger partial charge in [-0.25, -0.2) is 0 Å². The zero-order valence-corrected chi connectivity index (χ0v) is 34.9. The van der Waals surface area contributed by atoms with Crippen molar-refractivity contribution in [1.29, 1.82) is 0 Å². The second-order valence-corrected chi connectivity index (χ2v) is 57.9. The van der Waals surface area contributed by atoms with Crippen LogP contribution >= 0.6 is 17.2 Å². The van der Waals surface area contributed by atoms with E-state index in [-0.39, 0.29) is 13.1 Å². The quantitative estimate of drug-likeness (QED) is 0.198. The van der Waals surface area contributed by atoms with E-state index in [1.807, 2.05) is 24.8 Å². The second kappa shape index (κ2) is 4.88. The van der Waals surface area contributed by atoms with Crippen molar-refractivity contribution in [3.63, 3.8) is 0 Å². The Morgan fingerprint density at radius 1 is 0.667 bits per heavy atom. The Morgan fingerprint density at radius 3 is 1.45 bits per heavy atom. The fourth-order valence-electron chi connectivity index (χ4n) is 32.1. The third-order valence-electron chi connectivity index (χ3n) is 28.5. The third-order valence-corrected chi connectivity index (χ3v) is 87.3. The average Bonchev–Trinajstić information content (AvgIpc) is 4.06. The summed E-state index contributed by atoms with van der Waals surface area (Å²) in [7, 11) is 2.33. The molecule has 1 spiro atoms. The summed E-state index contributed by atoms with van der Waals surface area (Å²) in [6.45, 7) is 4.44. The van der Waals surface area contributed by atoms with E-state index in [2.05, 4.69) is 41.3 Å². The number of hydrogen-bond acceptors (Lipinski definition) is 4. The fraction of sp³-hybridized carbons (Fsp3) is 0.814. The van der Waals surface area contributed by atoms with Gasteiger partial charge in [-0.1, -0.05) is 0 Å². The maximum atomic E-state index is 5.40. The first-order valence-corrected chi connectivity index (χ1v) is 33.6. The SMILES string of the molecule is C[Si](C)(C)[C]12[CH]3[C]4(CP(C5C6CC7CC(C6)CC5C7)C5C6CC7CC(C6)CC5C7)[C]5(C(P)(c6cnccn6)c6cnccn6)[CH]1[Fe]34521678[CH]2[CH]1[CH]6[CH]7[CH]28. The Balaban J connectivity index is 0.925. The van der Waals surface area contributed by atoms with E-state index < -0.39 is 14.6 Å². The molecule has 20 rings (SSSR count). The van der Waals surface area contributed by atoms with Gasteiger partial charge in [-0.05, 0) is 0 Å².